The first-order valence-electron chi connectivity index (χ1n) is 7.56. The van der Waals surface area contributed by atoms with Crippen LogP contribution in [0, 0.1) is 11.8 Å². The number of carboxylic acids is 1. The minimum atomic E-state index is -0.979. The highest BCUT2D eigenvalue weighted by Crippen LogP contribution is 2.30. The first-order chi connectivity index (χ1) is 11.4. The topological polar surface area (TPSA) is 105 Å². The summed E-state index contributed by atoms with van der Waals surface area (Å²) in [6, 6.07) is 4.83. The molecule has 0 spiro atoms. The molecule has 0 saturated heterocycles. The number of anilines is 2. The summed E-state index contributed by atoms with van der Waals surface area (Å²) in [5, 5.41) is 14.6. The zero-order valence-electron chi connectivity index (χ0n) is 13.5. The van der Waals surface area contributed by atoms with Gasteiger partial charge in [0.1, 0.15) is 5.75 Å². The van der Waals surface area contributed by atoms with E-state index >= 15 is 0 Å². The Morgan fingerprint density at radius 3 is 2.38 bits per heavy atom. The van der Waals surface area contributed by atoms with Crippen LogP contribution in [0.4, 0.5) is 11.4 Å². The van der Waals surface area contributed by atoms with E-state index in [9.17, 15) is 19.5 Å². The van der Waals surface area contributed by atoms with Crippen LogP contribution in [0.5, 0.6) is 5.75 Å². The van der Waals surface area contributed by atoms with Gasteiger partial charge in [-0.2, -0.15) is 0 Å². The van der Waals surface area contributed by atoms with Crippen molar-refractivity contribution < 1.29 is 24.2 Å². The predicted molar refractivity (Wildman–Crippen MR) is 88.9 cm³/mol. The van der Waals surface area contributed by atoms with E-state index in [1.54, 1.807) is 24.3 Å². The summed E-state index contributed by atoms with van der Waals surface area (Å²) in [6.45, 7) is 1.37. The number of allylic oxidation sites excluding steroid dienone is 2. The third-order valence-corrected chi connectivity index (χ3v) is 3.86. The molecule has 0 aromatic heterocycles. The molecule has 7 heteroatoms. The molecule has 3 N–H and O–H groups in total. The highest BCUT2D eigenvalue weighted by Gasteiger charge is 2.34. The second-order valence-electron chi connectivity index (χ2n) is 5.58. The first-order valence-corrected chi connectivity index (χ1v) is 7.56. The van der Waals surface area contributed by atoms with Gasteiger partial charge in [0.15, 0.2) is 0 Å². The maximum atomic E-state index is 12.4. The maximum Gasteiger partial charge on any atom is 0.307 e. The summed E-state index contributed by atoms with van der Waals surface area (Å²) in [5.74, 6) is -2.49. The Morgan fingerprint density at radius 1 is 1.12 bits per heavy atom. The van der Waals surface area contributed by atoms with Crippen molar-refractivity contribution in [2.45, 2.75) is 19.8 Å². The van der Waals surface area contributed by atoms with Crippen LogP contribution in [0.15, 0.2) is 30.4 Å². The number of rotatable bonds is 5. The maximum absolute atomic E-state index is 12.4. The van der Waals surface area contributed by atoms with Gasteiger partial charge in [-0.25, -0.2) is 0 Å². The molecule has 0 saturated carbocycles. The molecule has 1 aliphatic carbocycles. The number of hydrogen-bond acceptors (Lipinski definition) is 4. The molecule has 1 aromatic carbocycles. The summed E-state index contributed by atoms with van der Waals surface area (Å²) in [6.07, 6.45) is 4.33. The standard InChI is InChI=1S/C17H20N2O5/c1-10(20)18-14-9-11(7-8-15(14)24-2)19-16(21)12-5-3-4-6-13(12)17(22)23/h3-4,7-9,12-13H,5-6H2,1-2H3,(H,18,20)(H,19,21)(H,22,23)/t12-,13-/m1/s1. The number of ether oxygens (including phenoxy) is 1. The number of methoxy groups -OCH3 is 1. The number of benzene rings is 1. The second-order valence-corrected chi connectivity index (χ2v) is 5.58. The van der Waals surface area contributed by atoms with Crippen LogP contribution >= 0.6 is 0 Å². The minimum absolute atomic E-state index is 0.264. The molecule has 0 aliphatic heterocycles. The molecule has 2 rings (SSSR count). The lowest BCUT2D eigenvalue weighted by Crippen LogP contribution is -2.34. The predicted octanol–water partition coefficient (Wildman–Crippen LogP) is 2.26. The van der Waals surface area contributed by atoms with Gasteiger partial charge in [0.2, 0.25) is 11.8 Å². The van der Waals surface area contributed by atoms with Crippen molar-refractivity contribution >= 4 is 29.2 Å². The van der Waals surface area contributed by atoms with Gasteiger partial charge in [0, 0.05) is 12.6 Å². The first kappa shape index (κ1) is 17.5. The molecule has 2 amide bonds. The molecule has 0 radical (unpaired) electrons. The lowest BCUT2D eigenvalue weighted by atomic mass is 9.82. The van der Waals surface area contributed by atoms with Crippen LogP contribution < -0.4 is 15.4 Å². The number of hydrogen-bond donors (Lipinski definition) is 3. The van der Waals surface area contributed by atoms with Gasteiger partial charge >= 0.3 is 5.97 Å². The van der Waals surface area contributed by atoms with Crippen molar-refractivity contribution in [2.24, 2.45) is 11.8 Å². The number of carboxylic acid groups (broad SMARTS) is 1. The van der Waals surface area contributed by atoms with Crippen molar-refractivity contribution in [2.75, 3.05) is 17.7 Å². The Kier molecular flexibility index (Phi) is 5.57. The number of nitrogens with one attached hydrogen (secondary N) is 2. The van der Waals surface area contributed by atoms with Crippen molar-refractivity contribution in [1.82, 2.24) is 0 Å². The van der Waals surface area contributed by atoms with E-state index in [4.69, 9.17) is 4.74 Å². The fraction of sp³-hybridized carbons (Fsp3) is 0.353. The van der Waals surface area contributed by atoms with Gasteiger partial charge in [-0.3, -0.25) is 14.4 Å². The highest BCUT2D eigenvalue weighted by atomic mass is 16.5. The molecular weight excluding hydrogens is 312 g/mol. The van der Waals surface area contributed by atoms with Crippen molar-refractivity contribution in [1.29, 1.82) is 0 Å². The smallest absolute Gasteiger partial charge is 0.307 e. The number of amides is 2. The third kappa shape index (κ3) is 4.13. The van der Waals surface area contributed by atoms with E-state index in [-0.39, 0.29) is 11.8 Å². The van der Waals surface area contributed by atoms with Gasteiger partial charge in [-0.15, -0.1) is 0 Å². The number of aliphatic carboxylic acids is 1. The van der Waals surface area contributed by atoms with E-state index in [2.05, 4.69) is 10.6 Å². The second kappa shape index (κ2) is 7.63. The summed E-state index contributed by atoms with van der Waals surface area (Å²) in [5.41, 5.74) is 0.893. The fourth-order valence-electron chi connectivity index (χ4n) is 2.68. The zero-order valence-corrected chi connectivity index (χ0v) is 13.5. The molecule has 2 atom stereocenters. The average Bonchev–Trinajstić information content (AvgIpc) is 2.54. The Bertz CT molecular complexity index is 684. The largest absolute Gasteiger partial charge is 0.495 e. The lowest BCUT2D eigenvalue weighted by Gasteiger charge is -2.24. The third-order valence-electron chi connectivity index (χ3n) is 3.86. The van der Waals surface area contributed by atoms with Crippen LogP contribution in [-0.4, -0.2) is 30.0 Å². The Morgan fingerprint density at radius 2 is 1.79 bits per heavy atom. The molecule has 24 heavy (non-hydrogen) atoms. The molecule has 0 fully saturated rings. The van der Waals surface area contributed by atoms with E-state index in [0.717, 1.165) is 0 Å². The van der Waals surface area contributed by atoms with Crippen molar-refractivity contribution in [3.8, 4) is 5.75 Å². The fourth-order valence-corrected chi connectivity index (χ4v) is 2.68. The minimum Gasteiger partial charge on any atom is -0.495 e. The van der Waals surface area contributed by atoms with Crippen LogP contribution in [0.1, 0.15) is 19.8 Å². The van der Waals surface area contributed by atoms with E-state index in [1.165, 1.54) is 14.0 Å². The van der Waals surface area contributed by atoms with Gasteiger partial charge in [-0.1, -0.05) is 12.2 Å². The molecule has 1 aliphatic rings. The SMILES string of the molecule is COc1ccc(NC(=O)[C@@H]2CC=CC[C@H]2C(=O)O)cc1NC(C)=O. The summed E-state index contributed by atoms with van der Waals surface area (Å²) in [4.78, 5) is 35.0. The van der Waals surface area contributed by atoms with Crippen LogP contribution in [0.2, 0.25) is 0 Å². The highest BCUT2D eigenvalue weighted by molar-refractivity contribution is 5.97. The molecule has 0 unspecified atom stereocenters. The van der Waals surface area contributed by atoms with E-state index < -0.39 is 17.8 Å². The summed E-state index contributed by atoms with van der Waals surface area (Å²) >= 11 is 0. The lowest BCUT2D eigenvalue weighted by molar-refractivity contribution is -0.146. The summed E-state index contributed by atoms with van der Waals surface area (Å²) < 4.78 is 5.16. The molecule has 1 aromatic rings. The number of carbonyl (C=O) groups is 3. The summed E-state index contributed by atoms with van der Waals surface area (Å²) in [7, 11) is 1.48. The average molecular weight is 332 g/mol. The van der Waals surface area contributed by atoms with Crippen molar-refractivity contribution in [3.63, 3.8) is 0 Å². The Labute approximate surface area is 139 Å². The van der Waals surface area contributed by atoms with E-state index in [0.29, 0.717) is 30.0 Å². The quantitative estimate of drug-likeness (QED) is 0.717. The Balaban J connectivity index is 2.17. The number of carbonyl (C=O) groups excluding carboxylic acids is 2. The van der Waals surface area contributed by atoms with Gasteiger partial charge in [0.25, 0.3) is 0 Å². The molecule has 128 valence electrons. The van der Waals surface area contributed by atoms with Gasteiger partial charge in [-0.05, 0) is 31.0 Å². The van der Waals surface area contributed by atoms with E-state index in [1.807, 2.05) is 6.08 Å². The normalized spacial score (nSPS) is 19.4. The molecule has 0 bridgehead atoms. The van der Waals surface area contributed by atoms with Crippen molar-refractivity contribution in [3.05, 3.63) is 30.4 Å². The molecular formula is C17H20N2O5. The molecule has 0 heterocycles. The van der Waals surface area contributed by atoms with Crippen LogP contribution in [0.3, 0.4) is 0 Å². The monoisotopic (exact) mass is 332 g/mol. The van der Waals surface area contributed by atoms with Crippen LogP contribution in [-0.2, 0) is 14.4 Å². The zero-order chi connectivity index (χ0) is 17.7. The molecule has 7 nitrogen and oxygen atoms in total. The van der Waals surface area contributed by atoms with Gasteiger partial charge in [0.05, 0.1) is 24.6 Å². The Hall–Kier alpha value is -2.83. The van der Waals surface area contributed by atoms with Crippen LogP contribution in [0.25, 0.3) is 0 Å². The van der Waals surface area contributed by atoms with Gasteiger partial charge < -0.3 is 20.5 Å².